The van der Waals surface area contributed by atoms with Crippen LogP contribution in [0.3, 0.4) is 0 Å². The number of hydrogen-bond acceptors (Lipinski definition) is 3. The first-order chi connectivity index (χ1) is 8.15. The highest BCUT2D eigenvalue weighted by molar-refractivity contribution is 6.04. The van der Waals surface area contributed by atoms with Crippen molar-refractivity contribution in [3.05, 3.63) is 0 Å². The molecule has 0 atom stereocenters. The highest BCUT2D eigenvalue weighted by Crippen LogP contribution is 2.30. The van der Waals surface area contributed by atoms with Gasteiger partial charge in [0.15, 0.2) is 0 Å². The summed E-state index contributed by atoms with van der Waals surface area (Å²) >= 11 is 0. The maximum Gasteiger partial charge on any atom is 0.327 e. The van der Waals surface area contributed by atoms with E-state index in [0.29, 0.717) is 0 Å². The van der Waals surface area contributed by atoms with E-state index in [1.807, 2.05) is 0 Å². The molecule has 0 aromatic carbocycles. The summed E-state index contributed by atoms with van der Waals surface area (Å²) in [6, 6.07) is 0.182. The lowest BCUT2D eigenvalue weighted by molar-refractivity contribution is -0.130. The van der Waals surface area contributed by atoms with Gasteiger partial charge in [0, 0.05) is 12.1 Å². The number of amides is 4. The maximum atomic E-state index is 11.9. The molecule has 17 heavy (non-hydrogen) atoms. The normalized spacial score (nSPS) is 24.5. The number of imide groups is 1. The first kappa shape index (κ1) is 10.6. The minimum Gasteiger partial charge on any atom is -0.352 e. The Balaban J connectivity index is 1.59. The average Bonchev–Trinajstić information content (AvgIpc) is 3.13. The zero-order valence-corrected chi connectivity index (χ0v) is 9.52. The third-order valence-electron chi connectivity index (χ3n) is 3.32. The molecule has 4 amide bonds. The van der Waals surface area contributed by atoms with E-state index >= 15 is 0 Å². The van der Waals surface area contributed by atoms with Crippen LogP contribution in [-0.4, -0.2) is 52.8 Å². The summed E-state index contributed by atoms with van der Waals surface area (Å²) in [6.45, 7) is 0.0115. The van der Waals surface area contributed by atoms with E-state index in [-0.39, 0.29) is 43.0 Å². The zero-order chi connectivity index (χ0) is 12.0. The molecule has 1 aliphatic heterocycles. The van der Waals surface area contributed by atoms with Gasteiger partial charge < -0.3 is 10.2 Å². The predicted molar refractivity (Wildman–Crippen MR) is 58.0 cm³/mol. The molecule has 3 rings (SSSR count). The zero-order valence-electron chi connectivity index (χ0n) is 9.52. The average molecular weight is 237 g/mol. The van der Waals surface area contributed by atoms with Crippen LogP contribution in [-0.2, 0) is 9.59 Å². The molecule has 6 heteroatoms. The molecule has 0 spiro atoms. The molecular weight excluding hydrogens is 222 g/mol. The molecule has 1 N–H and O–H groups in total. The maximum absolute atomic E-state index is 11.9. The van der Waals surface area contributed by atoms with Crippen molar-refractivity contribution in [3.8, 4) is 0 Å². The number of hydrogen-bond donors (Lipinski definition) is 1. The van der Waals surface area contributed by atoms with E-state index in [2.05, 4.69) is 5.32 Å². The first-order valence-electron chi connectivity index (χ1n) is 6.05. The van der Waals surface area contributed by atoms with Crippen molar-refractivity contribution in [2.75, 3.05) is 13.1 Å². The van der Waals surface area contributed by atoms with Crippen molar-refractivity contribution >= 4 is 17.8 Å². The second-order valence-corrected chi connectivity index (χ2v) is 4.96. The van der Waals surface area contributed by atoms with Crippen LogP contribution < -0.4 is 5.32 Å². The molecule has 0 radical (unpaired) electrons. The summed E-state index contributed by atoms with van der Waals surface area (Å²) in [4.78, 5) is 37.7. The van der Waals surface area contributed by atoms with E-state index in [1.165, 1.54) is 0 Å². The van der Waals surface area contributed by atoms with Crippen LogP contribution in [0.5, 0.6) is 0 Å². The van der Waals surface area contributed by atoms with Crippen LogP contribution in [0.2, 0.25) is 0 Å². The van der Waals surface area contributed by atoms with Gasteiger partial charge in [-0.15, -0.1) is 0 Å². The minimum absolute atomic E-state index is 0.128. The fourth-order valence-electron chi connectivity index (χ4n) is 2.03. The Morgan fingerprint density at radius 1 is 1.24 bits per heavy atom. The van der Waals surface area contributed by atoms with Crippen molar-refractivity contribution in [2.24, 2.45) is 0 Å². The van der Waals surface area contributed by atoms with Gasteiger partial charge in [0.1, 0.15) is 13.1 Å². The van der Waals surface area contributed by atoms with Gasteiger partial charge in [0.2, 0.25) is 5.91 Å². The third kappa shape index (κ3) is 2.11. The van der Waals surface area contributed by atoms with Crippen molar-refractivity contribution in [1.29, 1.82) is 0 Å². The smallest absolute Gasteiger partial charge is 0.327 e. The number of nitrogens with one attached hydrogen (secondary N) is 1. The van der Waals surface area contributed by atoms with E-state index in [9.17, 15) is 14.4 Å². The molecule has 0 bridgehead atoms. The highest BCUT2D eigenvalue weighted by Gasteiger charge is 2.44. The van der Waals surface area contributed by atoms with E-state index < -0.39 is 0 Å². The molecule has 2 saturated carbocycles. The monoisotopic (exact) mass is 237 g/mol. The van der Waals surface area contributed by atoms with Crippen LogP contribution in [0, 0.1) is 0 Å². The molecule has 0 unspecified atom stereocenters. The van der Waals surface area contributed by atoms with Gasteiger partial charge in [-0.05, 0) is 25.7 Å². The van der Waals surface area contributed by atoms with Gasteiger partial charge >= 0.3 is 6.03 Å². The molecular formula is C11H15N3O3. The fourth-order valence-corrected chi connectivity index (χ4v) is 2.03. The standard InChI is InChI=1S/C11H15N3O3/c15-9(12-7-1-2-7)5-14-10(16)6-13(11(14)17)8-3-4-8/h7-8H,1-6H2,(H,12,15). The summed E-state index contributed by atoms with van der Waals surface area (Å²) in [5.41, 5.74) is 0. The Labute approximate surface area is 98.9 Å². The Bertz CT molecular complexity index is 387. The molecule has 0 aromatic heterocycles. The molecule has 3 aliphatic rings. The number of rotatable bonds is 4. The van der Waals surface area contributed by atoms with Crippen LogP contribution >= 0.6 is 0 Å². The Hall–Kier alpha value is -1.59. The summed E-state index contributed by atoms with van der Waals surface area (Å²) in [7, 11) is 0. The van der Waals surface area contributed by atoms with Crippen LogP contribution in [0.4, 0.5) is 4.79 Å². The van der Waals surface area contributed by atoms with E-state index in [1.54, 1.807) is 4.90 Å². The number of carbonyl (C=O) groups excluding carboxylic acids is 3. The molecule has 0 aromatic rings. The van der Waals surface area contributed by atoms with Gasteiger partial charge in [-0.2, -0.15) is 0 Å². The topological polar surface area (TPSA) is 69.7 Å². The van der Waals surface area contributed by atoms with Crippen LogP contribution in [0.1, 0.15) is 25.7 Å². The molecule has 1 heterocycles. The fraction of sp³-hybridized carbons (Fsp3) is 0.727. The molecule has 3 fully saturated rings. The van der Waals surface area contributed by atoms with Gasteiger partial charge in [-0.1, -0.05) is 0 Å². The van der Waals surface area contributed by atoms with Gasteiger partial charge in [0.05, 0.1) is 0 Å². The van der Waals surface area contributed by atoms with Crippen molar-refractivity contribution in [2.45, 2.75) is 37.8 Å². The quantitative estimate of drug-likeness (QED) is 0.682. The SMILES string of the molecule is O=C(CN1C(=O)CN(C2CC2)C1=O)NC1CC1. The summed E-state index contributed by atoms with van der Waals surface area (Å²) in [6.07, 6.45) is 3.95. The lowest BCUT2D eigenvalue weighted by atomic mass is 10.4. The van der Waals surface area contributed by atoms with Crippen molar-refractivity contribution < 1.29 is 14.4 Å². The largest absolute Gasteiger partial charge is 0.352 e. The van der Waals surface area contributed by atoms with Crippen molar-refractivity contribution in [1.82, 2.24) is 15.1 Å². The van der Waals surface area contributed by atoms with Gasteiger partial charge in [0.25, 0.3) is 5.91 Å². The Kier molecular flexibility index (Phi) is 2.31. The summed E-state index contributed by atoms with van der Waals surface area (Å²) in [5, 5.41) is 2.78. The second kappa shape index (κ2) is 3.72. The molecule has 2 aliphatic carbocycles. The second-order valence-electron chi connectivity index (χ2n) is 4.96. The van der Waals surface area contributed by atoms with Crippen LogP contribution in [0.15, 0.2) is 0 Å². The Morgan fingerprint density at radius 3 is 2.53 bits per heavy atom. The van der Waals surface area contributed by atoms with Gasteiger partial charge in [-0.3, -0.25) is 14.5 Å². The summed E-state index contributed by atoms with van der Waals surface area (Å²) < 4.78 is 0. The number of urea groups is 1. The minimum atomic E-state index is -0.302. The van der Waals surface area contributed by atoms with Gasteiger partial charge in [-0.25, -0.2) is 4.79 Å². The molecule has 6 nitrogen and oxygen atoms in total. The lowest BCUT2D eigenvalue weighted by Crippen LogP contribution is -2.42. The summed E-state index contributed by atoms with van der Waals surface area (Å²) in [5.74, 6) is -0.486. The van der Waals surface area contributed by atoms with E-state index in [4.69, 9.17) is 0 Å². The highest BCUT2D eigenvalue weighted by atomic mass is 16.2. The van der Waals surface area contributed by atoms with Crippen LogP contribution in [0.25, 0.3) is 0 Å². The predicted octanol–water partition coefficient (Wildman–Crippen LogP) is -0.308. The first-order valence-corrected chi connectivity index (χ1v) is 6.05. The number of nitrogens with zero attached hydrogens (tertiary/aromatic N) is 2. The Morgan fingerprint density at radius 2 is 1.94 bits per heavy atom. The number of carbonyl (C=O) groups is 3. The lowest BCUT2D eigenvalue weighted by Gasteiger charge is -2.16. The molecule has 92 valence electrons. The van der Waals surface area contributed by atoms with E-state index in [0.717, 1.165) is 30.6 Å². The third-order valence-corrected chi connectivity index (χ3v) is 3.32. The molecule has 1 saturated heterocycles. The van der Waals surface area contributed by atoms with Crippen molar-refractivity contribution in [3.63, 3.8) is 0 Å².